The number of hydrogen-bond donors (Lipinski definition) is 1. The van der Waals surface area contributed by atoms with Gasteiger partial charge in [0.05, 0.1) is 0 Å². The van der Waals surface area contributed by atoms with Gasteiger partial charge in [-0.05, 0) is 47.8 Å². The van der Waals surface area contributed by atoms with Crippen molar-refractivity contribution >= 4 is 11.3 Å². The van der Waals surface area contributed by atoms with Gasteiger partial charge in [0.2, 0.25) is 0 Å². The average Bonchev–Trinajstić information content (AvgIpc) is 3.21. The smallest absolute Gasteiger partial charge is 0.0479 e. The van der Waals surface area contributed by atoms with Gasteiger partial charge < -0.3 is 5.32 Å². The van der Waals surface area contributed by atoms with Gasteiger partial charge in [0.25, 0.3) is 0 Å². The first-order chi connectivity index (χ1) is 9.88. The molecule has 1 aliphatic rings. The van der Waals surface area contributed by atoms with Crippen molar-refractivity contribution in [3.63, 3.8) is 0 Å². The number of rotatable bonds is 7. The number of nitrogens with zero attached hydrogens (tertiary/aromatic N) is 1. The van der Waals surface area contributed by atoms with Crippen molar-refractivity contribution in [3.05, 3.63) is 58.3 Å². The molecule has 106 valence electrons. The third-order valence-electron chi connectivity index (χ3n) is 3.94. The van der Waals surface area contributed by atoms with Crippen LogP contribution in [-0.4, -0.2) is 24.5 Å². The van der Waals surface area contributed by atoms with Gasteiger partial charge in [0.1, 0.15) is 0 Å². The lowest BCUT2D eigenvalue weighted by Crippen LogP contribution is -2.36. The molecule has 0 bridgehead atoms. The minimum Gasteiger partial charge on any atom is -0.318 e. The van der Waals surface area contributed by atoms with Crippen LogP contribution in [0.25, 0.3) is 0 Å². The molecule has 2 aromatic rings. The van der Waals surface area contributed by atoms with Crippen molar-refractivity contribution in [2.24, 2.45) is 0 Å². The Hall–Kier alpha value is -1.16. The molecule has 3 rings (SSSR count). The van der Waals surface area contributed by atoms with E-state index in [1.165, 1.54) is 24.0 Å². The summed E-state index contributed by atoms with van der Waals surface area (Å²) in [5, 5.41) is 7.82. The quantitative estimate of drug-likeness (QED) is 0.835. The molecule has 0 amide bonds. The lowest BCUT2D eigenvalue weighted by Gasteiger charge is -2.32. The standard InChI is InChI=1S/C17H22N2S/c1-18-11-17(15-5-3-2-4-6-15)19(16-7-8-16)12-14-9-10-20-13-14/h2-6,9-10,13,16-18H,7-8,11-12H2,1H3. The summed E-state index contributed by atoms with van der Waals surface area (Å²) >= 11 is 1.79. The summed E-state index contributed by atoms with van der Waals surface area (Å²) < 4.78 is 0. The van der Waals surface area contributed by atoms with E-state index in [1.54, 1.807) is 11.3 Å². The van der Waals surface area contributed by atoms with Gasteiger partial charge >= 0.3 is 0 Å². The highest BCUT2D eigenvalue weighted by atomic mass is 32.1. The van der Waals surface area contributed by atoms with E-state index in [0.717, 1.165) is 19.1 Å². The van der Waals surface area contributed by atoms with E-state index in [0.29, 0.717) is 6.04 Å². The van der Waals surface area contributed by atoms with Gasteiger partial charge in [-0.25, -0.2) is 0 Å². The third-order valence-corrected chi connectivity index (χ3v) is 4.68. The van der Waals surface area contributed by atoms with Gasteiger partial charge in [-0.2, -0.15) is 11.3 Å². The van der Waals surface area contributed by atoms with Crippen LogP contribution in [0.15, 0.2) is 47.2 Å². The van der Waals surface area contributed by atoms with Crippen LogP contribution < -0.4 is 5.32 Å². The molecule has 20 heavy (non-hydrogen) atoms. The molecule has 1 N–H and O–H groups in total. The molecule has 0 spiro atoms. The zero-order valence-corrected chi connectivity index (χ0v) is 12.8. The van der Waals surface area contributed by atoms with Crippen molar-refractivity contribution in [2.75, 3.05) is 13.6 Å². The van der Waals surface area contributed by atoms with Crippen LogP contribution in [0.1, 0.15) is 30.0 Å². The van der Waals surface area contributed by atoms with Gasteiger partial charge in [-0.1, -0.05) is 30.3 Å². The largest absolute Gasteiger partial charge is 0.318 e. The molecular formula is C17H22N2S. The molecule has 0 aliphatic heterocycles. The molecule has 1 unspecified atom stereocenters. The molecular weight excluding hydrogens is 264 g/mol. The van der Waals surface area contributed by atoms with E-state index in [2.05, 4.69) is 57.4 Å². The first-order valence-corrected chi connectivity index (χ1v) is 8.29. The normalized spacial score (nSPS) is 16.5. The SMILES string of the molecule is CNCC(c1ccccc1)N(Cc1ccsc1)C1CC1. The minimum absolute atomic E-state index is 0.466. The number of hydrogen-bond acceptors (Lipinski definition) is 3. The van der Waals surface area contributed by atoms with Gasteiger partial charge in [-0.15, -0.1) is 0 Å². The zero-order chi connectivity index (χ0) is 13.8. The van der Waals surface area contributed by atoms with E-state index in [9.17, 15) is 0 Å². The predicted molar refractivity (Wildman–Crippen MR) is 86.0 cm³/mol. The fourth-order valence-corrected chi connectivity index (χ4v) is 3.45. The predicted octanol–water partition coefficient (Wildman–Crippen LogP) is 3.67. The van der Waals surface area contributed by atoms with E-state index >= 15 is 0 Å². The maximum atomic E-state index is 3.37. The highest BCUT2D eigenvalue weighted by Gasteiger charge is 2.34. The van der Waals surface area contributed by atoms with Gasteiger partial charge in [-0.3, -0.25) is 4.90 Å². The van der Waals surface area contributed by atoms with E-state index in [-0.39, 0.29) is 0 Å². The fourth-order valence-electron chi connectivity index (χ4n) is 2.79. The second-order valence-electron chi connectivity index (χ2n) is 5.52. The number of thiophene rings is 1. The molecule has 1 fully saturated rings. The molecule has 1 atom stereocenters. The Bertz CT molecular complexity index is 505. The van der Waals surface area contributed by atoms with Crippen LogP contribution in [0.2, 0.25) is 0 Å². The maximum Gasteiger partial charge on any atom is 0.0479 e. The summed E-state index contributed by atoms with van der Waals surface area (Å²) in [6, 6.07) is 14.4. The van der Waals surface area contributed by atoms with Crippen molar-refractivity contribution in [1.82, 2.24) is 10.2 Å². The maximum absolute atomic E-state index is 3.37. The first-order valence-electron chi connectivity index (χ1n) is 7.35. The van der Waals surface area contributed by atoms with Crippen LogP contribution in [0.5, 0.6) is 0 Å². The number of nitrogens with one attached hydrogen (secondary N) is 1. The molecule has 0 radical (unpaired) electrons. The molecule has 1 aliphatic carbocycles. The molecule has 0 saturated heterocycles. The fraction of sp³-hybridized carbons (Fsp3) is 0.412. The Labute approximate surface area is 125 Å². The summed E-state index contributed by atoms with van der Waals surface area (Å²) in [6.07, 6.45) is 2.69. The summed E-state index contributed by atoms with van der Waals surface area (Å²) in [7, 11) is 2.05. The average molecular weight is 286 g/mol. The van der Waals surface area contributed by atoms with Crippen LogP contribution in [0.4, 0.5) is 0 Å². The van der Waals surface area contributed by atoms with Crippen LogP contribution in [0, 0.1) is 0 Å². The van der Waals surface area contributed by atoms with Crippen molar-refractivity contribution in [1.29, 1.82) is 0 Å². The second-order valence-corrected chi connectivity index (χ2v) is 6.30. The number of likely N-dealkylation sites (N-methyl/N-ethyl adjacent to an activating group) is 1. The summed E-state index contributed by atoms with van der Waals surface area (Å²) in [6.45, 7) is 2.07. The summed E-state index contributed by atoms with van der Waals surface area (Å²) in [5.41, 5.74) is 2.86. The van der Waals surface area contributed by atoms with Crippen LogP contribution in [-0.2, 0) is 6.54 Å². The molecule has 2 nitrogen and oxygen atoms in total. The Morgan fingerprint density at radius 3 is 2.65 bits per heavy atom. The van der Waals surface area contributed by atoms with Gasteiger partial charge in [0, 0.05) is 25.2 Å². The second kappa shape index (κ2) is 6.53. The lowest BCUT2D eigenvalue weighted by atomic mass is 10.0. The molecule has 3 heteroatoms. The van der Waals surface area contributed by atoms with Gasteiger partial charge in [0.15, 0.2) is 0 Å². The first kappa shape index (κ1) is 13.8. The highest BCUT2D eigenvalue weighted by Crippen LogP contribution is 2.35. The summed E-state index contributed by atoms with van der Waals surface area (Å²) in [4.78, 5) is 2.67. The minimum atomic E-state index is 0.466. The highest BCUT2D eigenvalue weighted by molar-refractivity contribution is 7.07. The Morgan fingerprint density at radius 2 is 2.05 bits per heavy atom. The Morgan fingerprint density at radius 1 is 1.25 bits per heavy atom. The zero-order valence-electron chi connectivity index (χ0n) is 12.0. The van der Waals surface area contributed by atoms with E-state index in [1.807, 2.05) is 7.05 Å². The monoisotopic (exact) mass is 286 g/mol. The van der Waals surface area contributed by atoms with Crippen LogP contribution >= 0.6 is 11.3 Å². The van der Waals surface area contributed by atoms with Crippen molar-refractivity contribution in [2.45, 2.75) is 31.5 Å². The topological polar surface area (TPSA) is 15.3 Å². The third kappa shape index (κ3) is 3.29. The Kier molecular flexibility index (Phi) is 4.51. The molecule has 1 saturated carbocycles. The van der Waals surface area contributed by atoms with E-state index < -0.39 is 0 Å². The van der Waals surface area contributed by atoms with E-state index in [4.69, 9.17) is 0 Å². The number of benzene rings is 1. The van der Waals surface area contributed by atoms with Crippen molar-refractivity contribution in [3.8, 4) is 0 Å². The van der Waals surface area contributed by atoms with Crippen LogP contribution in [0.3, 0.4) is 0 Å². The Balaban J connectivity index is 1.82. The molecule has 1 aromatic carbocycles. The molecule has 1 heterocycles. The lowest BCUT2D eigenvalue weighted by molar-refractivity contribution is 0.175. The summed E-state index contributed by atoms with van der Waals surface area (Å²) in [5.74, 6) is 0. The van der Waals surface area contributed by atoms with Crippen molar-refractivity contribution < 1.29 is 0 Å². The molecule has 1 aromatic heterocycles.